The van der Waals surface area contributed by atoms with Crippen LogP contribution in [0.5, 0.6) is 5.75 Å². The van der Waals surface area contributed by atoms with Crippen molar-refractivity contribution in [3.63, 3.8) is 0 Å². The first-order chi connectivity index (χ1) is 12.0. The number of rotatable bonds is 7. The van der Waals surface area contributed by atoms with Gasteiger partial charge in [-0.1, -0.05) is 30.3 Å². The van der Waals surface area contributed by atoms with Crippen LogP contribution < -0.4 is 10.1 Å². The molecule has 0 aliphatic heterocycles. The van der Waals surface area contributed by atoms with E-state index >= 15 is 0 Å². The summed E-state index contributed by atoms with van der Waals surface area (Å²) in [5.41, 5.74) is 2.81. The van der Waals surface area contributed by atoms with Gasteiger partial charge in [0.25, 0.3) is 0 Å². The average Bonchev–Trinajstić information content (AvgIpc) is 2.61. The molecule has 0 saturated heterocycles. The molecule has 2 aromatic rings. The number of ether oxygens (including phenoxy) is 1. The van der Waals surface area contributed by atoms with E-state index < -0.39 is 0 Å². The maximum atomic E-state index is 12.2. The van der Waals surface area contributed by atoms with Gasteiger partial charge in [0.15, 0.2) is 0 Å². The van der Waals surface area contributed by atoms with E-state index in [2.05, 4.69) is 5.32 Å². The van der Waals surface area contributed by atoms with Crippen LogP contribution in [0.4, 0.5) is 5.69 Å². The maximum absolute atomic E-state index is 12.2. The third kappa shape index (κ3) is 5.64. The summed E-state index contributed by atoms with van der Waals surface area (Å²) < 4.78 is 5.13. The van der Waals surface area contributed by atoms with Crippen molar-refractivity contribution in [3.8, 4) is 5.75 Å². The predicted molar refractivity (Wildman–Crippen MR) is 98.5 cm³/mol. The Morgan fingerprint density at radius 2 is 1.76 bits per heavy atom. The van der Waals surface area contributed by atoms with Crippen molar-refractivity contribution in [2.24, 2.45) is 0 Å². The molecule has 5 nitrogen and oxygen atoms in total. The molecule has 0 unspecified atom stereocenters. The zero-order chi connectivity index (χ0) is 18.2. The number of hydrogen-bond acceptors (Lipinski definition) is 3. The quantitative estimate of drug-likeness (QED) is 0.840. The molecular weight excluding hydrogens is 316 g/mol. The molecule has 0 aliphatic rings. The minimum atomic E-state index is -0.102. The summed E-state index contributed by atoms with van der Waals surface area (Å²) in [6, 6.07) is 15.2. The van der Waals surface area contributed by atoms with Crippen LogP contribution >= 0.6 is 0 Å². The molecule has 25 heavy (non-hydrogen) atoms. The smallest absolute Gasteiger partial charge is 0.226 e. The van der Waals surface area contributed by atoms with Crippen molar-refractivity contribution in [2.75, 3.05) is 19.0 Å². The van der Waals surface area contributed by atoms with E-state index in [4.69, 9.17) is 4.74 Å². The molecule has 0 saturated carbocycles. The van der Waals surface area contributed by atoms with Crippen LogP contribution in [0.1, 0.15) is 24.5 Å². The Balaban J connectivity index is 1.91. The topological polar surface area (TPSA) is 58.6 Å². The lowest BCUT2D eigenvalue weighted by Gasteiger charge is -2.21. The highest BCUT2D eigenvalue weighted by Gasteiger charge is 2.12. The van der Waals surface area contributed by atoms with Crippen LogP contribution in [0.25, 0.3) is 0 Å². The first-order valence-corrected chi connectivity index (χ1v) is 8.23. The van der Waals surface area contributed by atoms with Gasteiger partial charge in [-0.3, -0.25) is 9.59 Å². The van der Waals surface area contributed by atoms with Gasteiger partial charge in [-0.05, 0) is 36.2 Å². The number of methoxy groups -OCH3 is 1. The molecule has 1 N–H and O–H groups in total. The van der Waals surface area contributed by atoms with Crippen LogP contribution in [0.15, 0.2) is 48.5 Å². The molecular formula is C20H24N2O3. The van der Waals surface area contributed by atoms with Gasteiger partial charge in [-0.2, -0.15) is 0 Å². The molecule has 2 aromatic carbocycles. The number of nitrogens with zero attached hydrogens (tertiary/aromatic N) is 1. The van der Waals surface area contributed by atoms with Gasteiger partial charge >= 0.3 is 0 Å². The first kappa shape index (κ1) is 18.5. The number of hydrogen-bond donors (Lipinski definition) is 1. The van der Waals surface area contributed by atoms with E-state index in [9.17, 15) is 9.59 Å². The number of aryl methyl sites for hydroxylation is 1. The molecule has 0 radical (unpaired) electrons. The molecule has 5 heteroatoms. The molecule has 2 amide bonds. The SMILES string of the molecule is COc1ccc(CN(CCC(=O)Nc2ccccc2C)C(C)=O)cc1. The summed E-state index contributed by atoms with van der Waals surface area (Å²) in [4.78, 5) is 25.7. The Hall–Kier alpha value is -2.82. The monoisotopic (exact) mass is 340 g/mol. The number of benzene rings is 2. The highest BCUT2D eigenvalue weighted by Crippen LogP contribution is 2.15. The number of para-hydroxylation sites is 1. The summed E-state index contributed by atoms with van der Waals surface area (Å²) in [5.74, 6) is 0.616. The van der Waals surface area contributed by atoms with Crippen LogP contribution in [0.2, 0.25) is 0 Å². The van der Waals surface area contributed by atoms with Gasteiger partial charge < -0.3 is 15.0 Å². The van der Waals surface area contributed by atoms with Crippen LogP contribution in [0.3, 0.4) is 0 Å². The highest BCUT2D eigenvalue weighted by atomic mass is 16.5. The van der Waals surface area contributed by atoms with E-state index in [0.717, 1.165) is 22.6 Å². The zero-order valence-electron chi connectivity index (χ0n) is 14.9. The lowest BCUT2D eigenvalue weighted by atomic mass is 10.2. The van der Waals surface area contributed by atoms with E-state index in [1.807, 2.05) is 55.5 Å². The fourth-order valence-corrected chi connectivity index (χ4v) is 2.46. The Labute approximate surface area is 148 Å². The molecule has 0 spiro atoms. The Morgan fingerprint density at radius 3 is 2.36 bits per heavy atom. The Bertz CT molecular complexity index is 726. The van der Waals surface area contributed by atoms with E-state index in [0.29, 0.717) is 13.1 Å². The van der Waals surface area contributed by atoms with Crippen molar-refractivity contribution >= 4 is 17.5 Å². The standard InChI is InChI=1S/C20H24N2O3/c1-15-6-4-5-7-19(15)21-20(24)12-13-22(16(2)23)14-17-8-10-18(25-3)11-9-17/h4-11H,12-14H2,1-3H3,(H,21,24). The Morgan fingerprint density at radius 1 is 1.08 bits per heavy atom. The summed E-state index contributed by atoms with van der Waals surface area (Å²) in [7, 11) is 1.62. The fourth-order valence-electron chi connectivity index (χ4n) is 2.46. The second-order valence-corrected chi connectivity index (χ2v) is 5.90. The van der Waals surface area contributed by atoms with Gasteiger partial charge in [0, 0.05) is 32.1 Å². The highest BCUT2D eigenvalue weighted by molar-refractivity contribution is 5.91. The summed E-state index contributed by atoms with van der Waals surface area (Å²) >= 11 is 0. The van der Waals surface area contributed by atoms with Crippen molar-refractivity contribution in [2.45, 2.75) is 26.8 Å². The molecule has 0 fully saturated rings. The zero-order valence-corrected chi connectivity index (χ0v) is 14.9. The third-order valence-corrected chi connectivity index (χ3v) is 4.01. The fraction of sp³-hybridized carbons (Fsp3) is 0.300. The van der Waals surface area contributed by atoms with Gasteiger partial charge in [-0.15, -0.1) is 0 Å². The summed E-state index contributed by atoms with van der Waals surface area (Å²) in [6.45, 7) is 4.31. The van der Waals surface area contributed by atoms with Crippen molar-refractivity contribution < 1.29 is 14.3 Å². The minimum Gasteiger partial charge on any atom is -0.497 e. The predicted octanol–water partition coefficient (Wildman–Crippen LogP) is 3.38. The second-order valence-electron chi connectivity index (χ2n) is 5.90. The summed E-state index contributed by atoms with van der Waals surface area (Å²) in [6.07, 6.45) is 0.254. The summed E-state index contributed by atoms with van der Waals surface area (Å²) in [5, 5.41) is 2.89. The number of carbonyl (C=O) groups excluding carboxylic acids is 2. The van der Waals surface area contributed by atoms with Gasteiger partial charge in [0.1, 0.15) is 5.75 Å². The molecule has 0 bridgehead atoms. The number of carbonyl (C=O) groups is 2. The molecule has 0 aromatic heterocycles. The minimum absolute atomic E-state index is 0.0560. The van der Waals surface area contributed by atoms with Crippen molar-refractivity contribution in [1.29, 1.82) is 0 Å². The number of anilines is 1. The lowest BCUT2D eigenvalue weighted by Crippen LogP contribution is -2.31. The molecule has 0 atom stereocenters. The van der Waals surface area contributed by atoms with Gasteiger partial charge in [-0.25, -0.2) is 0 Å². The third-order valence-electron chi connectivity index (χ3n) is 4.01. The first-order valence-electron chi connectivity index (χ1n) is 8.23. The molecule has 2 rings (SSSR count). The number of amides is 2. The molecule has 132 valence electrons. The van der Waals surface area contributed by atoms with E-state index in [1.165, 1.54) is 6.92 Å². The number of nitrogens with one attached hydrogen (secondary N) is 1. The van der Waals surface area contributed by atoms with Gasteiger partial charge in [0.2, 0.25) is 11.8 Å². The molecule has 0 aliphatic carbocycles. The normalized spacial score (nSPS) is 10.2. The Kier molecular flexibility index (Phi) is 6.57. The lowest BCUT2D eigenvalue weighted by molar-refractivity contribution is -0.129. The molecule has 0 heterocycles. The average molecular weight is 340 g/mol. The van der Waals surface area contributed by atoms with Crippen LogP contribution in [0, 0.1) is 6.92 Å². The van der Waals surface area contributed by atoms with Gasteiger partial charge in [0.05, 0.1) is 7.11 Å². The van der Waals surface area contributed by atoms with E-state index in [1.54, 1.807) is 12.0 Å². The van der Waals surface area contributed by atoms with E-state index in [-0.39, 0.29) is 18.2 Å². The van der Waals surface area contributed by atoms with Crippen LogP contribution in [-0.2, 0) is 16.1 Å². The largest absolute Gasteiger partial charge is 0.497 e. The van der Waals surface area contributed by atoms with Crippen LogP contribution in [-0.4, -0.2) is 30.4 Å². The van der Waals surface area contributed by atoms with Crippen molar-refractivity contribution in [3.05, 3.63) is 59.7 Å². The van der Waals surface area contributed by atoms with Crippen molar-refractivity contribution in [1.82, 2.24) is 4.90 Å². The maximum Gasteiger partial charge on any atom is 0.226 e. The second kappa shape index (κ2) is 8.87.